The van der Waals surface area contributed by atoms with Gasteiger partial charge in [0.15, 0.2) is 0 Å². The third-order valence-electron chi connectivity index (χ3n) is 2.34. The van der Waals surface area contributed by atoms with Gasteiger partial charge < -0.3 is 9.84 Å². The van der Waals surface area contributed by atoms with Gasteiger partial charge in [0.25, 0.3) is 0 Å². The second-order valence-corrected chi connectivity index (χ2v) is 4.09. The average molecular weight is 194 g/mol. The first-order valence-electron chi connectivity index (χ1n) is 4.88. The lowest BCUT2D eigenvalue weighted by molar-refractivity contribution is -0.0850. The molecule has 1 aromatic rings. The molecule has 0 aliphatic carbocycles. The molecule has 1 rings (SSSR count). The molecule has 1 N–H and O–H groups in total. The van der Waals surface area contributed by atoms with Gasteiger partial charge in [-0.2, -0.15) is 0 Å². The normalized spacial score (nSPS) is 14.0. The van der Waals surface area contributed by atoms with Crippen molar-refractivity contribution in [1.29, 1.82) is 0 Å². The third kappa shape index (κ3) is 3.48. The topological polar surface area (TPSA) is 29.5 Å². The van der Waals surface area contributed by atoms with E-state index < -0.39 is 5.60 Å². The van der Waals surface area contributed by atoms with Crippen LogP contribution in [-0.4, -0.2) is 16.8 Å². The minimum absolute atomic E-state index is 0.164. The van der Waals surface area contributed by atoms with E-state index in [1.54, 1.807) is 13.8 Å². The highest BCUT2D eigenvalue weighted by molar-refractivity contribution is 5.13. The van der Waals surface area contributed by atoms with Gasteiger partial charge in [-0.05, 0) is 26.3 Å². The number of benzene rings is 1. The van der Waals surface area contributed by atoms with Crippen LogP contribution in [0.2, 0.25) is 0 Å². The van der Waals surface area contributed by atoms with Gasteiger partial charge in [-0.1, -0.05) is 30.3 Å². The van der Waals surface area contributed by atoms with Gasteiger partial charge in [-0.15, -0.1) is 0 Å². The fourth-order valence-electron chi connectivity index (χ4n) is 0.999. The van der Waals surface area contributed by atoms with Crippen molar-refractivity contribution in [2.24, 2.45) is 0 Å². The van der Waals surface area contributed by atoms with Gasteiger partial charge in [0.05, 0.1) is 18.3 Å². The lowest BCUT2D eigenvalue weighted by atomic mass is 10.0. The van der Waals surface area contributed by atoms with Gasteiger partial charge in [0.2, 0.25) is 0 Å². The molecule has 0 spiro atoms. The second-order valence-electron chi connectivity index (χ2n) is 4.09. The van der Waals surface area contributed by atoms with Crippen LogP contribution in [0.25, 0.3) is 0 Å². The molecule has 2 nitrogen and oxygen atoms in total. The maximum atomic E-state index is 9.64. The monoisotopic (exact) mass is 194 g/mol. The predicted molar refractivity (Wildman–Crippen MR) is 57.0 cm³/mol. The summed E-state index contributed by atoms with van der Waals surface area (Å²) in [4.78, 5) is 0. The lowest BCUT2D eigenvalue weighted by Crippen LogP contribution is -2.35. The van der Waals surface area contributed by atoms with Crippen LogP contribution in [-0.2, 0) is 11.3 Å². The molecule has 0 saturated carbocycles. The maximum Gasteiger partial charge on any atom is 0.0849 e. The molecule has 2 heteroatoms. The summed E-state index contributed by atoms with van der Waals surface area (Å²) >= 11 is 0. The standard InChI is InChI=1S/C12H18O2/c1-10(12(2,3)13)14-9-11-7-5-4-6-8-11/h4-8,10,13H,9H2,1-3H3/t10-/m0/s1. The van der Waals surface area contributed by atoms with Crippen LogP contribution < -0.4 is 0 Å². The van der Waals surface area contributed by atoms with Crippen LogP contribution >= 0.6 is 0 Å². The van der Waals surface area contributed by atoms with Crippen LogP contribution in [0, 0.1) is 0 Å². The average Bonchev–Trinajstić information content (AvgIpc) is 2.14. The third-order valence-corrected chi connectivity index (χ3v) is 2.34. The van der Waals surface area contributed by atoms with Crippen LogP contribution in [0.3, 0.4) is 0 Å². The van der Waals surface area contributed by atoms with Crippen molar-refractivity contribution in [2.75, 3.05) is 0 Å². The van der Waals surface area contributed by atoms with Gasteiger partial charge in [-0.3, -0.25) is 0 Å². The van der Waals surface area contributed by atoms with Crippen LogP contribution in [0.1, 0.15) is 26.3 Å². The van der Waals surface area contributed by atoms with E-state index in [0.29, 0.717) is 6.61 Å². The first kappa shape index (κ1) is 11.2. The number of ether oxygens (including phenoxy) is 1. The highest BCUT2D eigenvalue weighted by Gasteiger charge is 2.22. The largest absolute Gasteiger partial charge is 0.388 e. The molecule has 1 atom stereocenters. The van der Waals surface area contributed by atoms with E-state index in [9.17, 15) is 5.11 Å². The molecule has 0 fully saturated rings. The Hall–Kier alpha value is -0.860. The van der Waals surface area contributed by atoms with Crippen molar-refractivity contribution in [1.82, 2.24) is 0 Å². The number of aliphatic hydroxyl groups is 1. The van der Waals surface area contributed by atoms with E-state index in [-0.39, 0.29) is 6.10 Å². The first-order chi connectivity index (χ1) is 6.50. The first-order valence-corrected chi connectivity index (χ1v) is 4.88. The molecular formula is C12H18O2. The van der Waals surface area contributed by atoms with E-state index in [1.807, 2.05) is 37.3 Å². The molecule has 78 valence electrons. The Balaban J connectivity index is 2.42. The molecule has 0 aliphatic heterocycles. The van der Waals surface area contributed by atoms with Crippen molar-refractivity contribution in [3.63, 3.8) is 0 Å². The fraction of sp³-hybridized carbons (Fsp3) is 0.500. The van der Waals surface area contributed by atoms with Gasteiger partial charge >= 0.3 is 0 Å². The zero-order valence-corrected chi connectivity index (χ0v) is 9.03. The quantitative estimate of drug-likeness (QED) is 0.797. The Morgan fingerprint density at radius 1 is 1.29 bits per heavy atom. The zero-order chi connectivity index (χ0) is 10.6. The minimum Gasteiger partial charge on any atom is -0.388 e. The molecule has 0 bridgehead atoms. The molecule has 0 saturated heterocycles. The minimum atomic E-state index is -0.783. The van der Waals surface area contributed by atoms with Crippen LogP contribution in [0.15, 0.2) is 30.3 Å². The Kier molecular flexibility index (Phi) is 3.67. The van der Waals surface area contributed by atoms with E-state index in [0.717, 1.165) is 5.56 Å². The molecule has 0 heterocycles. The number of hydrogen-bond acceptors (Lipinski definition) is 2. The summed E-state index contributed by atoms with van der Waals surface area (Å²) in [5.74, 6) is 0. The van der Waals surface area contributed by atoms with Gasteiger partial charge in [0, 0.05) is 0 Å². The van der Waals surface area contributed by atoms with Crippen LogP contribution in [0.5, 0.6) is 0 Å². The highest BCUT2D eigenvalue weighted by atomic mass is 16.5. The summed E-state index contributed by atoms with van der Waals surface area (Å²) in [7, 11) is 0. The Labute approximate surface area is 85.5 Å². The maximum absolute atomic E-state index is 9.64. The fourth-order valence-corrected chi connectivity index (χ4v) is 0.999. The summed E-state index contributed by atoms with van der Waals surface area (Å²) in [6, 6.07) is 9.96. The Morgan fingerprint density at radius 2 is 1.86 bits per heavy atom. The summed E-state index contributed by atoms with van der Waals surface area (Å²) in [6.07, 6.45) is -0.164. The van der Waals surface area contributed by atoms with Crippen molar-refractivity contribution in [3.05, 3.63) is 35.9 Å². The summed E-state index contributed by atoms with van der Waals surface area (Å²) < 4.78 is 5.54. The molecule has 0 radical (unpaired) electrons. The molecule has 1 aromatic carbocycles. The molecule has 0 aromatic heterocycles. The zero-order valence-electron chi connectivity index (χ0n) is 9.03. The van der Waals surface area contributed by atoms with E-state index >= 15 is 0 Å². The lowest BCUT2D eigenvalue weighted by Gasteiger charge is -2.25. The van der Waals surface area contributed by atoms with E-state index in [4.69, 9.17) is 4.74 Å². The second kappa shape index (κ2) is 4.58. The summed E-state index contributed by atoms with van der Waals surface area (Å²) in [5.41, 5.74) is 0.345. The molecule has 0 unspecified atom stereocenters. The van der Waals surface area contributed by atoms with Crippen molar-refractivity contribution < 1.29 is 9.84 Å². The molecule has 0 amide bonds. The van der Waals surface area contributed by atoms with Crippen molar-refractivity contribution in [3.8, 4) is 0 Å². The molecule has 0 aliphatic rings. The number of hydrogen-bond donors (Lipinski definition) is 1. The Bertz CT molecular complexity index is 261. The number of rotatable bonds is 4. The summed E-state index contributed by atoms with van der Waals surface area (Å²) in [6.45, 7) is 5.93. The van der Waals surface area contributed by atoms with Crippen molar-refractivity contribution >= 4 is 0 Å². The van der Waals surface area contributed by atoms with Crippen LogP contribution in [0.4, 0.5) is 0 Å². The van der Waals surface area contributed by atoms with E-state index in [2.05, 4.69) is 0 Å². The predicted octanol–water partition coefficient (Wildman–Crippen LogP) is 2.36. The SMILES string of the molecule is C[C@H](OCc1ccccc1)C(C)(C)O. The van der Waals surface area contributed by atoms with Crippen molar-refractivity contribution in [2.45, 2.75) is 39.1 Å². The van der Waals surface area contributed by atoms with E-state index in [1.165, 1.54) is 0 Å². The summed E-state index contributed by atoms with van der Waals surface area (Å²) in [5, 5.41) is 9.64. The molecule has 14 heavy (non-hydrogen) atoms. The highest BCUT2D eigenvalue weighted by Crippen LogP contribution is 2.13. The van der Waals surface area contributed by atoms with Gasteiger partial charge in [-0.25, -0.2) is 0 Å². The van der Waals surface area contributed by atoms with Gasteiger partial charge in [0.1, 0.15) is 0 Å². The smallest absolute Gasteiger partial charge is 0.0849 e. The Morgan fingerprint density at radius 3 is 2.36 bits per heavy atom. The molecular weight excluding hydrogens is 176 g/mol.